The maximum atomic E-state index is 4.96. The number of hydrogen-bond donors (Lipinski definition) is 0. The van der Waals surface area contributed by atoms with Crippen molar-refractivity contribution in [3.05, 3.63) is 137 Å². The van der Waals surface area contributed by atoms with Crippen LogP contribution in [0, 0.1) is 13.8 Å². The first-order valence-corrected chi connectivity index (χ1v) is 15.8. The minimum atomic E-state index is -0.204. The van der Waals surface area contributed by atoms with Gasteiger partial charge in [-0.25, -0.2) is 9.67 Å². The molecule has 2 aliphatic rings. The number of benzene rings is 4. The third kappa shape index (κ3) is 3.38. The van der Waals surface area contributed by atoms with E-state index in [1.54, 1.807) is 0 Å². The molecule has 0 aliphatic carbocycles. The number of aryl methyl sites for hydroxylation is 2. The van der Waals surface area contributed by atoms with Gasteiger partial charge in [-0.05, 0) is 90.7 Å². The topological polar surface area (TPSA) is 38.9 Å². The van der Waals surface area contributed by atoms with Crippen LogP contribution in [0.1, 0.15) is 61.3 Å². The Hall–Kier alpha value is -5.16. The molecule has 4 aromatic carbocycles. The normalized spacial score (nSPS) is 15.6. The van der Waals surface area contributed by atoms with Gasteiger partial charge in [-0.3, -0.25) is 4.57 Å². The van der Waals surface area contributed by atoms with E-state index in [1.165, 1.54) is 55.6 Å². The SMILES string of the molecule is Cc1cc(C)n(-c2cccc(N3c4ccccc4C(C)(C)c4cc5c(cc43)-n3c4ncccc4c4cccc(c43)C5(C)C)c2)n1. The van der Waals surface area contributed by atoms with Crippen LogP contribution in [0.2, 0.25) is 0 Å². The van der Waals surface area contributed by atoms with Crippen molar-refractivity contribution in [3.63, 3.8) is 0 Å². The number of hydrogen-bond acceptors (Lipinski definition) is 3. The molecule has 7 aromatic rings. The fraction of sp³-hybridized carbons (Fsp3) is 0.200. The largest absolute Gasteiger partial charge is 0.310 e. The van der Waals surface area contributed by atoms with Crippen LogP contribution < -0.4 is 4.90 Å². The Bertz CT molecular complexity index is 2370. The fourth-order valence-electron chi connectivity index (χ4n) is 8.13. The number of pyridine rings is 1. The van der Waals surface area contributed by atoms with E-state index < -0.39 is 0 Å². The third-order valence-electron chi connectivity index (χ3n) is 10.3. The van der Waals surface area contributed by atoms with Crippen molar-refractivity contribution in [2.45, 2.75) is 52.4 Å². The Morgan fingerprint density at radius 1 is 0.578 bits per heavy atom. The first kappa shape index (κ1) is 26.3. The van der Waals surface area contributed by atoms with Crippen LogP contribution in [0.25, 0.3) is 33.3 Å². The molecule has 2 aliphatic heterocycles. The molecule has 0 N–H and O–H groups in total. The quantitative estimate of drug-likeness (QED) is 0.203. The van der Waals surface area contributed by atoms with E-state index in [2.05, 4.69) is 135 Å². The lowest BCUT2D eigenvalue weighted by atomic mass is 9.69. The van der Waals surface area contributed by atoms with Crippen LogP contribution in [-0.4, -0.2) is 19.3 Å². The molecule has 3 aromatic heterocycles. The summed E-state index contributed by atoms with van der Waals surface area (Å²) in [6.45, 7) is 13.7. The van der Waals surface area contributed by atoms with Crippen LogP contribution in [0.15, 0.2) is 103 Å². The Kier molecular flexibility index (Phi) is 5.09. The lowest BCUT2D eigenvalue weighted by Gasteiger charge is -2.44. The summed E-state index contributed by atoms with van der Waals surface area (Å²) >= 11 is 0. The molecule has 5 heteroatoms. The molecule has 0 saturated carbocycles. The molecule has 5 nitrogen and oxygen atoms in total. The molecular weight excluding hydrogens is 550 g/mol. The minimum Gasteiger partial charge on any atom is -0.310 e. The third-order valence-corrected chi connectivity index (χ3v) is 10.3. The summed E-state index contributed by atoms with van der Waals surface area (Å²) in [5.74, 6) is 0. The van der Waals surface area contributed by atoms with Gasteiger partial charge in [0.05, 0.1) is 34.0 Å². The van der Waals surface area contributed by atoms with E-state index in [0.717, 1.165) is 28.4 Å². The summed E-state index contributed by atoms with van der Waals surface area (Å²) in [7, 11) is 0. The van der Waals surface area contributed by atoms with E-state index in [9.17, 15) is 0 Å². The Morgan fingerprint density at radius 3 is 2.11 bits per heavy atom. The maximum Gasteiger partial charge on any atom is 0.145 e. The predicted octanol–water partition coefficient (Wildman–Crippen LogP) is 9.73. The summed E-state index contributed by atoms with van der Waals surface area (Å²) in [4.78, 5) is 7.41. The van der Waals surface area contributed by atoms with Crippen LogP contribution in [0.3, 0.4) is 0 Å². The van der Waals surface area contributed by atoms with E-state index in [0.29, 0.717) is 0 Å². The van der Waals surface area contributed by atoms with Crippen molar-refractivity contribution in [1.29, 1.82) is 0 Å². The van der Waals surface area contributed by atoms with Gasteiger partial charge in [0.1, 0.15) is 5.65 Å². The Balaban J connectivity index is 1.38. The average molecular weight is 586 g/mol. The van der Waals surface area contributed by atoms with Gasteiger partial charge in [0, 0.05) is 39.2 Å². The van der Waals surface area contributed by atoms with Gasteiger partial charge in [0.2, 0.25) is 0 Å². The molecule has 9 rings (SSSR count). The van der Waals surface area contributed by atoms with E-state index in [-0.39, 0.29) is 10.8 Å². The molecule has 0 fully saturated rings. The lowest BCUT2D eigenvalue weighted by Crippen LogP contribution is -2.33. The van der Waals surface area contributed by atoms with Crippen LogP contribution >= 0.6 is 0 Å². The number of aromatic nitrogens is 4. The lowest BCUT2D eigenvalue weighted by molar-refractivity contribution is 0.606. The van der Waals surface area contributed by atoms with E-state index in [1.807, 2.05) is 23.9 Å². The molecule has 0 bridgehead atoms. The Morgan fingerprint density at radius 2 is 1.29 bits per heavy atom. The highest BCUT2D eigenvalue weighted by Gasteiger charge is 2.42. The standard InChI is InChI=1S/C40H35N5/c1-24-20-25(2)45(42-24)27-13-9-12-26(21-27)43-34-18-8-7-16-30(34)39(3,4)32-22-33-36(23-35(32)43)44-37-28(29-15-11-19-41-38(29)44)14-10-17-31(37)40(33,5)6/h7-23H,1-6H3. The molecule has 0 unspecified atom stereocenters. The fourth-order valence-corrected chi connectivity index (χ4v) is 8.13. The highest BCUT2D eigenvalue weighted by molar-refractivity contribution is 6.10. The molecule has 0 saturated heterocycles. The predicted molar refractivity (Wildman–Crippen MR) is 184 cm³/mol. The first-order valence-electron chi connectivity index (χ1n) is 15.8. The molecule has 0 spiro atoms. The molecular formula is C40H35N5. The number of fused-ring (bicyclic) bond motifs is 7. The highest BCUT2D eigenvalue weighted by Crippen LogP contribution is 2.56. The second-order valence-corrected chi connectivity index (χ2v) is 13.8. The second kappa shape index (κ2) is 8.72. The van der Waals surface area contributed by atoms with E-state index in [4.69, 9.17) is 10.1 Å². The zero-order chi connectivity index (χ0) is 30.8. The smallest absolute Gasteiger partial charge is 0.145 e. The molecule has 45 heavy (non-hydrogen) atoms. The molecule has 0 atom stereocenters. The van der Waals surface area contributed by atoms with Gasteiger partial charge < -0.3 is 4.90 Å². The van der Waals surface area contributed by atoms with Crippen LogP contribution in [0.5, 0.6) is 0 Å². The summed E-state index contributed by atoms with van der Waals surface area (Å²) < 4.78 is 4.46. The summed E-state index contributed by atoms with van der Waals surface area (Å²) in [6.07, 6.45) is 1.92. The van der Waals surface area contributed by atoms with Crippen LogP contribution in [-0.2, 0) is 10.8 Å². The van der Waals surface area contributed by atoms with Crippen molar-refractivity contribution in [3.8, 4) is 11.4 Å². The molecule has 5 heterocycles. The van der Waals surface area contributed by atoms with Crippen molar-refractivity contribution in [1.82, 2.24) is 19.3 Å². The van der Waals surface area contributed by atoms with Crippen molar-refractivity contribution < 1.29 is 0 Å². The zero-order valence-electron chi connectivity index (χ0n) is 26.6. The summed E-state index contributed by atoms with van der Waals surface area (Å²) in [6, 6.07) is 35.7. The minimum absolute atomic E-state index is 0.193. The number of para-hydroxylation sites is 2. The molecule has 0 amide bonds. The summed E-state index contributed by atoms with van der Waals surface area (Å²) in [5, 5.41) is 7.25. The van der Waals surface area contributed by atoms with Gasteiger partial charge >= 0.3 is 0 Å². The first-order chi connectivity index (χ1) is 21.7. The van der Waals surface area contributed by atoms with Gasteiger partial charge in [0.25, 0.3) is 0 Å². The van der Waals surface area contributed by atoms with Gasteiger partial charge in [-0.2, -0.15) is 5.10 Å². The van der Waals surface area contributed by atoms with E-state index >= 15 is 0 Å². The van der Waals surface area contributed by atoms with Gasteiger partial charge in [-0.1, -0.05) is 70.2 Å². The number of anilines is 3. The highest BCUT2D eigenvalue weighted by atomic mass is 15.3. The molecule has 220 valence electrons. The van der Waals surface area contributed by atoms with Crippen molar-refractivity contribution in [2.75, 3.05) is 4.90 Å². The molecule has 0 radical (unpaired) electrons. The number of nitrogens with zero attached hydrogens (tertiary/aromatic N) is 5. The van der Waals surface area contributed by atoms with Gasteiger partial charge in [-0.15, -0.1) is 0 Å². The second-order valence-electron chi connectivity index (χ2n) is 13.8. The van der Waals surface area contributed by atoms with Gasteiger partial charge in [0.15, 0.2) is 0 Å². The maximum absolute atomic E-state index is 4.96. The van der Waals surface area contributed by atoms with Crippen LogP contribution in [0.4, 0.5) is 17.1 Å². The zero-order valence-corrected chi connectivity index (χ0v) is 26.6. The monoisotopic (exact) mass is 585 g/mol. The Labute approximate surface area is 263 Å². The van der Waals surface area contributed by atoms with Crippen molar-refractivity contribution >= 4 is 39.0 Å². The summed E-state index contributed by atoms with van der Waals surface area (Å²) in [5.41, 5.74) is 15.1. The average Bonchev–Trinajstić information content (AvgIpc) is 3.56. The van der Waals surface area contributed by atoms with Crippen molar-refractivity contribution in [2.24, 2.45) is 0 Å². The number of rotatable bonds is 2.